The second kappa shape index (κ2) is 10.6. The summed E-state index contributed by atoms with van der Waals surface area (Å²) in [5.74, 6) is -0.641. The van der Waals surface area contributed by atoms with Gasteiger partial charge in [-0.1, -0.05) is 25.4 Å². The van der Waals surface area contributed by atoms with Crippen LogP contribution in [0.2, 0.25) is 5.02 Å². The van der Waals surface area contributed by atoms with Crippen LogP contribution >= 0.6 is 11.6 Å². The Kier molecular flexibility index (Phi) is 8.21. The highest BCUT2D eigenvalue weighted by atomic mass is 35.5. The van der Waals surface area contributed by atoms with Gasteiger partial charge in [-0.3, -0.25) is 9.59 Å². The van der Waals surface area contributed by atoms with Gasteiger partial charge < -0.3 is 14.8 Å². The molecule has 2 rings (SSSR count). The van der Waals surface area contributed by atoms with Crippen molar-refractivity contribution in [2.24, 2.45) is 5.92 Å². The molecule has 0 unspecified atom stereocenters. The number of hydrogen-bond donors (Lipinski definition) is 1. The third-order valence-electron chi connectivity index (χ3n) is 4.16. The van der Waals surface area contributed by atoms with Gasteiger partial charge in [0.1, 0.15) is 11.8 Å². The Bertz CT molecular complexity index is 847. The number of Topliss-reactive ketones (excluding diaryl/α,β-unsaturated/α-hetero) is 1. The van der Waals surface area contributed by atoms with Crippen molar-refractivity contribution < 1.29 is 23.9 Å². The average Bonchev–Trinajstić information content (AvgIpc) is 2.71. The summed E-state index contributed by atoms with van der Waals surface area (Å²) in [7, 11) is 1.53. The van der Waals surface area contributed by atoms with E-state index in [2.05, 4.69) is 5.32 Å². The van der Waals surface area contributed by atoms with Crippen molar-refractivity contribution in [1.82, 2.24) is 5.32 Å². The number of methoxy groups -OCH3 is 1. The Morgan fingerprint density at radius 2 is 1.55 bits per heavy atom. The molecule has 0 fully saturated rings. The van der Waals surface area contributed by atoms with Gasteiger partial charge in [-0.25, -0.2) is 4.79 Å². The molecule has 6 nitrogen and oxygen atoms in total. The van der Waals surface area contributed by atoms with E-state index < -0.39 is 24.5 Å². The van der Waals surface area contributed by atoms with Gasteiger partial charge >= 0.3 is 5.97 Å². The number of hydrogen-bond acceptors (Lipinski definition) is 5. The molecule has 1 N–H and O–H groups in total. The second-order valence-corrected chi connectivity index (χ2v) is 7.36. The monoisotopic (exact) mass is 417 g/mol. The summed E-state index contributed by atoms with van der Waals surface area (Å²) >= 11 is 5.83. The van der Waals surface area contributed by atoms with Crippen LogP contribution in [-0.4, -0.2) is 37.4 Å². The number of ether oxygens (including phenoxy) is 2. The molecule has 2 aromatic carbocycles. The number of carbonyl (C=O) groups is 3. The fraction of sp³-hybridized carbons (Fsp3) is 0.318. The second-order valence-electron chi connectivity index (χ2n) is 6.92. The van der Waals surface area contributed by atoms with E-state index in [4.69, 9.17) is 21.1 Å². The quantitative estimate of drug-likeness (QED) is 0.494. The van der Waals surface area contributed by atoms with E-state index in [9.17, 15) is 14.4 Å². The van der Waals surface area contributed by atoms with Gasteiger partial charge in [-0.05, 0) is 60.9 Å². The van der Waals surface area contributed by atoms with Crippen LogP contribution in [0.1, 0.15) is 41.0 Å². The zero-order chi connectivity index (χ0) is 21.4. The minimum absolute atomic E-state index is 0.135. The first-order valence-electron chi connectivity index (χ1n) is 9.20. The number of carbonyl (C=O) groups excluding carboxylic acids is 3. The SMILES string of the molecule is COc1ccc(C(=O)COC(=O)[C@H](CC(C)C)NC(=O)c2ccc(Cl)cc2)cc1. The van der Waals surface area contributed by atoms with E-state index in [-0.39, 0.29) is 11.7 Å². The Balaban J connectivity index is 1.99. The topological polar surface area (TPSA) is 81.7 Å². The molecule has 0 aromatic heterocycles. The van der Waals surface area contributed by atoms with E-state index in [1.165, 1.54) is 7.11 Å². The lowest BCUT2D eigenvalue weighted by Gasteiger charge is -2.19. The Labute approximate surface area is 175 Å². The summed E-state index contributed by atoms with van der Waals surface area (Å²) in [6.07, 6.45) is 0.384. The molecule has 0 spiro atoms. The highest BCUT2D eigenvalue weighted by Crippen LogP contribution is 2.13. The van der Waals surface area contributed by atoms with Crippen LogP contribution in [0.3, 0.4) is 0 Å². The van der Waals surface area contributed by atoms with Gasteiger partial charge in [-0.15, -0.1) is 0 Å². The first-order valence-corrected chi connectivity index (χ1v) is 9.58. The summed E-state index contributed by atoms with van der Waals surface area (Å²) < 4.78 is 10.2. The van der Waals surface area contributed by atoms with E-state index in [0.29, 0.717) is 28.3 Å². The molecule has 0 aliphatic heterocycles. The molecule has 1 atom stereocenters. The zero-order valence-electron chi connectivity index (χ0n) is 16.6. The first-order chi connectivity index (χ1) is 13.8. The van der Waals surface area contributed by atoms with Gasteiger partial charge in [0.05, 0.1) is 7.11 Å². The summed E-state index contributed by atoms with van der Waals surface area (Å²) in [5.41, 5.74) is 0.787. The van der Waals surface area contributed by atoms with E-state index in [1.807, 2.05) is 13.8 Å². The van der Waals surface area contributed by atoms with Crippen molar-refractivity contribution in [1.29, 1.82) is 0 Å². The summed E-state index contributed by atoms with van der Waals surface area (Å²) in [5, 5.41) is 3.19. The van der Waals surface area contributed by atoms with Gasteiger partial charge in [0.15, 0.2) is 12.4 Å². The van der Waals surface area contributed by atoms with Gasteiger partial charge in [0.2, 0.25) is 0 Å². The minimum Gasteiger partial charge on any atom is -0.497 e. The first kappa shape index (κ1) is 22.4. The van der Waals surface area contributed by atoms with Crippen LogP contribution in [-0.2, 0) is 9.53 Å². The molecule has 0 aliphatic carbocycles. The van der Waals surface area contributed by atoms with Crippen molar-refractivity contribution >= 4 is 29.3 Å². The van der Waals surface area contributed by atoms with Crippen LogP contribution in [0.4, 0.5) is 0 Å². The van der Waals surface area contributed by atoms with Gasteiger partial charge in [0.25, 0.3) is 5.91 Å². The predicted molar refractivity (Wildman–Crippen MR) is 110 cm³/mol. The Hall–Kier alpha value is -2.86. The molecular formula is C22H24ClNO5. The van der Waals surface area contributed by atoms with Crippen LogP contribution in [0, 0.1) is 5.92 Å². The maximum Gasteiger partial charge on any atom is 0.329 e. The molecule has 0 saturated carbocycles. The zero-order valence-corrected chi connectivity index (χ0v) is 17.4. The number of ketones is 1. The molecule has 0 heterocycles. The maximum absolute atomic E-state index is 12.5. The highest BCUT2D eigenvalue weighted by molar-refractivity contribution is 6.30. The summed E-state index contributed by atoms with van der Waals surface area (Å²) in [6, 6.07) is 12.0. The normalized spacial score (nSPS) is 11.6. The Morgan fingerprint density at radius 1 is 0.966 bits per heavy atom. The average molecular weight is 418 g/mol. The number of esters is 1. The van der Waals surface area contributed by atoms with Crippen LogP contribution in [0.15, 0.2) is 48.5 Å². The van der Waals surface area contributed by atoms with Crippen molar-refractivity contribution in [2.75, 3.05) is 13.7 Å². The molecule has 1 amide bonds. The highest BCUT2D eigenvalue weighted by Gasteiger charge is 2.25. The molecule has 0 saturated heterocycles. The smallest absolute Gasteiger partial charge is 0.329 e. The lowest BCUT2D eigenvalue weighted by molar-refractivity contribution is -0.145. The molecule has 7 heteroatoms. The van der Waals surface area contributed by atoms with Crippen molar-refractivity contribution in [3.8, 4) is 5.75 Å². The standard InChI is InChI=1S/C22H24ClNO5/c1-14(2)12-19(24-21(26)16-4-8-17(23)9-5-16)22(27)29-13-20(25)15-6-10-18(28-3)11-7-15/h4-11,14,19H,12-13H2,1-3H3,(H,24,26)/t19-/m0/s1. The van der Waals surface area contributed by atoms with Gasteiger partial charge in [0, 0.05) is 16.1 Å². The number of amides is 1. The molecule has 154 valence electrons. The summed E-state index contributed by atoms with van der Waals surface area (Å²) in [6.45, 7) is 3.45. The maximum atomic E-state index is 12.5. The van der Waals surface area contributed by atoms with Crippen LogP contribution < -0.4 is 10.1 Å². The fourth-order valence-electron chi connectivity index (χ4n) is 2.63. The largest absolute Gasteiger partial charge is 0.497 e. The third kappa shape index (κ3) is 6.91. The molecule has 0 bridgehead atoms. The molecule has 0 aliphatic rings. The predicted octanol–water partition coefficient (Wildman–Crippen LogP) is 3.92. The lowest BCUT2D eigenvalue weighted by Crippen LogP contribution is -2.43. The molecular weight excluding hydrogens is 394 g/mol. The number of benzene rings is 2. The van der Waals surface area contributed by atoms with Crippen molar-refractivity contribution in [3.05, 3.63) is 64.7 Å². The van der Waals surface area contributed by atoms with Gasteiger partial charge in [-0.2, -0.15) is 0 Å². The van der Waals surface area contributed by atoms with E-state index in [0.717, 1.165) is 0 Å². The number of halogens is 1. The third-order valence-corrected chi connectivity index (χ3v) is 4.41. The van der Waals surface area contributed by atoms with E-state index in [1.54, 1.807) is 48.5 Å². The van der Waals surface area contributed by atoms with Crippen molar-refractivity contribution in [3.63, 3.8) is 0 Å². The van der Waals surface area contributed by atoms with Crippen LogP contribution in [0.25, 0.3) is 0 Å². The molecule has 2 aromatic rings. The molecule has 29 heavy (non-hydrogen) atoms. The number of nitrogens with one attached hydrogen (secondary N) is 1. The van der Waals surface area contributed by atoms with Crippen molar-refractivity contribution in [2.45, 2.75) is 26.3 Å². The van der Waals surface area contributed by atoms with E-state index >= 15 is 0 Å². The fourth-order valence-corrected chi connectivity index (χ4v) is 2.75. The number of rotatable bonds is 9. The Morgan fingerprint density at radius 3 is 2.10 bits per heavy atom. The summed E-state index contributed by atoms with van der Waals surface area (Å²) in [4.78, 5) is 37.2. The molecule has 0 radical (unpaired) electrons. The lowest BCUT2D eigenvalue weighted by atomic mass is 10.0. The minimum atomic E-state index is -0.859. The van der Waals surface area contributed by atoms with Crippen LogP contribution in [0.5, 0.6) is 5.75 Å².